The summed E-state index contributed by atoms with van der Waals surface area (Å²) in [6.07, 6.45) is 2.43. The lowest BCUT2D eigenvalue weighted by atomic mass is 10.1. The normalized spacial score (nSPS) is 10.3. The number of unbranched alkanes of at least 4 members (excludes halogenated alkanes) is 1. The highest BCUT2D eigenvalue weighted by Gasteiger charge is 2.07. The van der Waals surface area contributed by atoms with E-state index in [2.05, 4.69) is 17.6 Å². The number of amides is 2. The fraction of sp³-hybridized carbons (Fsp3) is 0.467. The van der Waals surface area contributed by atoms with Crippen molar-refractivity contribution in [1.29, 1.82) is 0 Å². The molecule has 1 aromatic rings. The Balaban J connectivity index is 2.56. The molecule has 2 N–H and O–H groups in total. The van der Waals surface area contributed by atoms with Crippen molar-refractivity contribution in [3.05, 3.63) is 29.8 Å². The second-order valence-electron chi connectivity index (χ2n) is 4.86. The van der Waals surface area contributed by atoms with E-state index in [1.165, 1.54) is 0 Å². The van der Waals surface area contributed by atoms with Gasteiger partial charge in [-0.3, -0.25) is 9.59 Å². The molecule has 1 rings (SSSR count). The molecule has 4 heteroatoms. The number of nitrogens with one attached hydrogen (secondary N) is 2. The average molecular weight is 262 g/mol. The van der Waals surface area contributed by atoms with Crippen molar-refractivity contribution in [2.45, 2.75) is 46.1 Å². The van der Waals surface area contributed by atoms with E-state index >= 15 is 0 Å². The van der Waals surface area contributed by atoms with Gasteiger partial charge in [-0.15, -0.1) is 0 Å². The molecule has 4 nitrogen and oxygen atoms in total. The molecule has 0 bridgehead atoms. The molecule has 0 aliphatic rings. The average Bonchev–Trinajstić information content (AvgIpc) is 2.36. The first-order chi connectivity index (χ1) is 9.02. The first kappa shape index (κ1) is 15.2. The summed E-state index contributed by atoms with van der Waals surface area (Å²) in [5.74, 6) is -0.0832. The predicted molar refractivity (Wildman–Crippen MR) is 77.2 cm³/mol. The Morgan fingerprint density at radius 1 is 1.16 bits per heavy atom. The summed E-state index contributed by atoms with van der Waals surface area (Å²) in [5.41, 5.74) is 1.32. The van der Waals surface area contributed by atoms with E-state index in [-0.39, 0.29) is 17.9 Å². The van der Waals surface area contributed by atoms with Crippen molar-refractivity contribution in [3.8, 4) is 0 Å². The number of rotatable bonds is 6. The first-order valence-corrected chi connectivity index (χ1v) is 6.73. The Labute approximate surface area is 114 Å². The molecular weight excluding hydrogens is 240 g/mol. The van der Waals surface area contributed by atoms with Crippen molar-refractivity contribution < 1.29 is 9.59 Å². The lowest BCUT2D eigenvalue weighted by molar-refractivity contribution is -0.116. The molecule has 0 saturated carbocycles. The van der Waals surface area contributed by atoms with E-state index in [0.717, 1.165) is 18.5 Å². The zero-order chi connectivity index (χ0) is 14.3. The van der Waals surface area contributed by atoms with E-state index in [1.54, 1.807) is 24.3 Å². The van der Waals surface area contributed by atoms with Crippen molar-refractivity contribution in [3.63, 3.8) is 0 Å². The van der Waals surface area contributed by atoms with E-state index in [0.29, 0.717) is 12.0 Å². The van der Waals surface area contributed by atoms with Gasteiger partial charge < -0.3 is 10.6 Å². The Kier molecular flexibility index (Phi) is 6.06. The molecule has 0 heterocycles. The largest absolute Gasteiger partial charge is 0.350 e. The molecule has 19 heavy (non-hydrogen) atoms. The van der Waals surface area contributed by atoms with Gasteiger partial charge in [-0.05, 0) is 44.5 Å². The number of carbonyl (C=O) groups is 2. The van der Waals surface area contributed by atoms with Gasteiger partial charge in [0.05, 0.1) is 0 Å². The van der Waals surface area contributed by atoms with Crippen LogP contribution in [-0.4, -0.2) is 17.9 Å². The number of hydrogen-bond acceptors (Lipinski definition) is 2. The van der Waals surface area contributed by atoms with Crippen LogP contribution in [0.1, 0.15) is 50.4 Å². The highest BCUT2D eigenvalue weighted by atomic mass is 16.2. The summed E-state index contributed by atoms with van der Waals surface area (Å²) in [4.78, 5) is 23.3. The molecule has 0 radical (unpaired) electrons. The third-order valence-electron chi connectivity index (χ3n) is 2.61. The maximum absolute atomic E-state index is 11.7. The van der Waals surface area contributed by atoms with Crippen molar-refractivity contribution in [2.75, 3.05) is 5.32 Å². The van der Waals surface area contributed by atoms with Crippen LogP contribution in [0.2, 0.25) is 0 Å². The molecule has 0 saturated heterocycles. The zero-order valence-corrected chi connectivity index (χ0v) is 11.8. The van der Waals surface area contributed by atoms with Crippen molar-refractivity contribution in [2.24, 2.45) is 0 Å². The Hall–Kier alpha value is -1.84. The third-order valence-corrected chi connectivity index (χ3v) is 2.61. The molecule has 104 valence electrons. The minimum Gasteiger partial charge on any atom is -0.350 e. The fourth-order valence-corrected chi connectivity index (χ4v) is 1.61. The van der Waals surface area contributed by atoms with Crippen molar-refractivity contribution >= 4 is 17.5 Å². The summed E-state index contributed by atoms with van der Waals surface area (Å²) in [5, 5.41) is 5.63. The van der Waals surface area contributed by atoms with Crippen LogP contribution in [0.4, 0.5) is 5.69 Å². The van der Waals surface area contributed by atoms with Crippen LogP contribution in [0.5, 0.6) is 0 Å². The Morgan fingerprint density at radius 3 is 2.32 bits per heavy atom. The van der Waals surface area contributed by atoms with Gasteiger partial charge in [-0.2, -0.15) is 0 Å². The molecule has 0 aliphatic heterocycles. The highest BCUT2D eigenvalue weighted by Crippen LogP contribution is 2.10. The van der Waals surface area contributed by atoms with Gasteiger partial charge in [-0.1, -0.05) is 13.3 Å². The minimum absolute atomic E-state index is 0.0150. The Morgan fingerprint density at radius 2 is 1.79 bits per heavy atom. The van der Waals surface area contributed by atoms with E-state index in [1.807, 2.05) is 13.8 Å². The number of hydrogen-bond donors (Lipinski definition) is 2. The highest BCUT2D eigenvalue weighted by molar-refractivity contribution is 5.95. The van der Waals surface area contributed by atoms with Gasteiger partial charge in [0.2, 0.25) is 5.91 Å². The number of anilines is 1. The molecule has 0 spiro atoms. The molecule has 2 amide bonds. The lowest BCUT2D eigenvalue weighted by Crippen LogP contribution is -2.29. The van der Waals surface area contributed by atoms with Crippen molar-refractivity contribution in [1.82, 2.24) is 5.32 Å². The molecule has 0 fully saturated rings. The summed E-state index contributed by atoms with van der Waals surface area (Å²) >= 11 is 0. The third kappa shape index (κ3) is 5.55. The van der Waals surface area contributed by atoms with E-state index in [4.69, 9.17) is 0 Å². The first-order valence-electron chi connectivity index (χ1n) is 6.73. The van der Waals surface area contributed by atoms with Crippen LogP contribution in [0.15, 0.2) is 24.3 Å². The van der Waals surface area contributed by atoms with Gasteiger partial charge in [0, 0.05) is 23.7 Å². The maximum Gasteiger partial charge on any atom is 0.251 e. The summed E-state index contributed by atoms with van der Waals surface area (Å²) in [6.45, 7) is 5.88. The second-order valence-corrected chi connectivity index (χ2v) is 4.86. The number of benzene rings is 1. The summed E-state index contributed by atoms with van der Waals surface area (Å²) < 4.78 is 0. The zero-order valence-electron chi connectivity index (χ0n) is 11.8. The van der Waals surface area contributed by atoms with Gasteiger partial charge >= 0.3 is 0 Å². The fourth-order valence-electron chi connectivity index (χ4n) is 1.61. The van der Waals surface area contributed by atoms with Crippen LogP contribution < -0.4 is 10.6 Å². The maximum atomic E-state index is 11.7. The molecule has 0 atom stereocenters. The van der Waals surface area contributed by atoms with Gasteiger partial charge in [0.1, 0.15) is 0 Å². The van der Waals surface area contributed by atoms with Gasteiger partial charge in [0.25, 0.3) is 5.91 Å². The lowest BCUT2D eigenvalue weighted by Gasteiger charge is -2.09. The standard InChI is InChI=1S/C15H22N2O2/c1-4-5-6-14(18)17-13-9-7-12(8-10-13)15(19)16-11(2)3/h7-11H,4-6H2,1-3H3,(H,16,19)(H,17,18). The Bertz CT molecular complexity index is 424. The van der Waals surface area contributed by atoms with Gasteiger partial charge in [-0.25, -0.2) is 0 Å². The SMILES string of the molecule is CCCCC(=O)Nc1ccc(C(=O)NC(C)C)cc1. The monoisotopic (exact) mass is 262 g/mol. The smallest absolute Gasteiger partial charge is 0.251 e. The van der Waals surface area contributed by atoms with Crippen LogP contribution in [-0.2, 0) is 4.79 Å². The topological polar surface area (TPSA) is 58.2 Å². The molecule has 0 aliphatic carbocycles. The molecule has 1 aromatic carbocycles. The van der Waals surface area contributed by atoms with Crippen LogP contribution >= 0.6 is 0 Å². The summed E-state index contributed by atoms with van der Waals surface area (Å²) in [6, 6.07) is 7.04. The minimum atomic E-state index is -0.0983. The quantitative estimate of drug-likeness (QED) is 0.828. The predicted octanol–water partition coefficient (Wildman–Crippen LogP) is 2.95. The molecular formula is C15H22N2O2. The van der Waals surface area contributed by atoms with Crippen LogP contribution in [0.25, 0.3) is 0 Å². The summed E-state index contributed by atoms with van der Waals surface area (Å²) in [7, 11) is 0. The van der Waals surface area contributed by atoms with Crippen LogP contribution in [0, 0.1) is 0 Å². The molecule has 0 unspecified atom stereocenters. The number of carbonyl (C=O) groups excluding carboxylic acids is 2. The van der Waals surface area contributed by atoms with E-state index in [9.17, 15) is 9.59 Å². The van der Waals surface area contributed by atoms with Crippen LogP contribution in [0.3, 0.4) is 0 Å². The second kappa shape index (κ2) is 7.56. The molecule has 0 aromatic heterocycles. The van der Waals surface area contributed by atoms with E-state index < -0.39 is 0 Å². The van der Waals surface area contributed by atoms with Gasteiger partial charge in [0.15, 0.2) is 0 Å².